The summed E-state index contributed by atoms with van der Waals surface area (Å²) in [6.07, 6.45) is 2.81. The summed E-state index contributed by atoms with van der Waals surface area (Å²) in [5.41, 5.74) is 1.07. The summed E-state index contributed by atoms with van der Waals surface area (Å²) in [4.78, 5) is 4.14. The molecule has 0 bridgehead atoms. The third-order valence-corrected chi connectivity index (χ3v) is 2.38. The van der Waals surface area contributed by atoms with E-state index in [2.05, 4.69) is 15.4 Å². The van der Waals surface area contributed by atoms with E-state index in [9.17, 15) is 0 Å². The van der Waals surface area contributed by atoms with Crippen LogP contribution in [0.4, 0.5) is 5.82 Å². The van der Waals surface area contributed by atoms with Crippen molar-refractivity contribution >= 4 is 17.4 Å². The zero-order chi connectivity index (χ0) is 11.4. The second-order valence-electron chi connectivity index (χ2n) is 3.50. The molecule has 0 aromatic carbocycles. The number of pyridine rings is 1. The molecule has 16 heavy (non-hydrogen) atoms. The normalized spacial score (nSPS) is 10.4. The van der Waals surface area contributed by atoms with Crippen LogP contribution in [-0.2, 0) is 13.5 Å². The van der Waals surface area contributed by atoms with Crippen LogP contribution in [0.25, 0.3) is 0 Å². The molecule has 0 spiro atoms. The average Bonchev–Trinajstić information content (AvgIpc) is 2.64. The van der Waals surface area contributed by atoms with Crippen LogP contribution < -0.4 is 5.32 Å². The van der Waals surface area contributed by atoms with Crippen LogP contribution in [-0.4, -0.2) is 21.3 Å². The first-order valence-electron chi connectivity index (χ1n) is 5.09. The van der Waals surface area contributed by atoms with Gasteiger partial charge in [-0.25, -0.2) is 4.98 Å². The van der Waals surface area contributed by atoms with Gasteiger partial charge in [0.2, 0.25) is 0 Å². The Morgan fingerprint density at radius 3 is 2.94 bits per heavy atom. The molecule has 2 heterocycles. The van der Waals surface area contributed by atoms with Gasteiger partial charge in [-0.2, -0.15) is 5.10 Å². The summed E-state index contributed by atoms with van der Waals surface area (Å²) < 4.78 is 1.80. The van der Waals surface area contributed by atoms with Gasteiger partial charge in [0.05, 0.1) is 5.69 Å². The van der Waals surface area contributed by atoms with Gasteiger partial charge in [-0.1, -0.05) is 17.7 Å². The standard InChI is InChI=1S/C11H13ClN4/c1-16-8-6-9(15-16)5-7-13-11-4-2-3-10(12)14-11/h2-4,6,8H,5,7H2,1H3,(H,13,14). The van der Waals surface area contributed by atoms with Gasteiger partial charge >= 0.3 is 0 Å². The van der Waals surface area contributed by atoms with Crippen LogP contribution >= 0.6 is 11.6 Å². The number of anilines is 1. The highest BCUT2D eigenvalue weighted by atomic mass is 35.5. The van der Waals surface area contributed by atoms with Gasteiger partial charge in [0.25, 0.3) is 0 Å². The van der Waals surface area contributed by atoms with Gasteiger partial charge in [-0.05, 0) is 18.2 Å². The highest BCUT2D eigenvalue weighted by molar-refractivity contribution is 6.29. The third-order valence-electron chi connectivity index (χ3n) is 2.17. The number of halogens is 1. The first-order chi connectivity index (χ1) is 7.74. The molecule has 2 aromatic heterocycles. The fourth-order valence-electron chi connectivity index (χ4n) is 1.42. The minimum Gasteiger partial charge on any atom is -0.370 e. The Balaban J connectivity index is 1.84. The number of nitrogens with zero attached hydrogens (tertiary/aromatic N) is 3. The van der Waals surface area contributed by atoms with Crippen LogP contribution in [0.5, 0.6) is 0 Å². The SMILES string of the molecule is Cn1ccc(CCNc2cccc(Cl)n2)n1. The maximum Gasteiger partial charge on any atom is 0.131 e. The predicted octanol–water partition coefficient (Wildman–Crippen LogP) is 2.12. The maximum atomic E-state index is 5.78. The van der Waals surface area contributed by atoms with Crippen LogP contribution in [0, 0.1) is 0 Å². The van der Waals surface area contributed by atoms with Crippen LogP contribution in [0.2, 0.25) is 5.15 Å². The Morgan fingerprint density at radius 2 is 2.25 bits per heavy atom. The lowest BCUT2D eigenvalue weighted by Gasteiger charge is -2.03. The summed E-state index contributed by atoms with van der Waals surface area (Å²) in [7, 11) is 1.91. The molecule has 0 unspecified atom stereocenters. The molecule has 1 N–H and O–H groups in total. The van der Waals surface area contributed by atoms with E-state index in [-0.39, 0.29) is 0 Å². The van der Waals surface area contributed by atoms with Crippen molar-refractivity contribution < 1.29 is 0 Å². The van der Waals surface area contributed by atoms with Gasteiger partial charge in [-0.15, -0.1) is 0 Å². The van der Waals surface area contributed by atoms with Crippen molar-refractivity contribution in [3.63, 3.8) is 0 Å². The zero-order valence-corrected chi connectivity index (χ0v) is 9.78. The highest BCUT2D eigenvalue weighted by Crippen LogP contribution is 2.09. The van der Waals surface area contributed by atoms with E-state index in [0.29, 0.717) is 5.15 Å². The second-order valence-corrected chi connectivity index (χ2v) is 3.89. The number of aryl methyl sites for hydroxylation is 1. The molecule has 0 amide bonds. The lowest BCUT2D eigenvalue weighted by atomic mass is 10.3. The average molecular weight is 237 g/mol. The maximum absolute atomic E-state index is 5.78. The molecule has 4 nitrogen and oxygen atoms in total. The molecular weight excluding hydrogens is 224 g/mol. The zero-order valence-electron chi connectivity index (χ0n) is 9.02. The molecule has 0 fully saturated rings. The Morgan fingerprint density at radius 1 is 1.38 bits per heavy atom. The molecule has 5 heteroatoms. The molecular formula is C11H13ClN4. The first-order valence-corrected chi connectivity index (χ1v) is 5.47. The van der Waals surface area contributed by atoms with Crippen molar-refractivity contribution in [3.05, 3.63) is 41.3 Å². The van der Waals surface area contributed by atoms with Gasteiger partial charge in [0, 0.05) is 26.2 Å². The van der Waals surface area contributed by atoms with Gasteiger partial charge in [0.15, 0.2) is 0 Å². The summed E-state index contributed by atoms with van der Waals surface area (Å²) in [5, 5.41) is 7.99. The predicted molar refractivity (Wildman–Crippen MR) is 64.6 cm³/mol. The molecule has 0 saturated heterocycles. The van der Waals surface area contributed by atoms with E-state index in [1.807, 2.05) is 31.4 Å². The second kappa shape index (κ2) is 4.99. The Bertz CT molecular complexity index is 467. The third kappa shape index (κ3) is 2.97. The lowest BCUT2D eigenvalue weighted by Crippen LogP contribution is -2.06. The van der Waals surface area contributed by atoms with E-state index in [4.69, 9.17) is 11.6 Å². The van der Waals surface area contributed by atoms with Gasteiger partial charge in [-0.3, -0.25) is 4.68 Å². The van der Waals surface area contributed by atoms with E-state index >= 15 is 0 Å². The van der Waals surface area contributed by atoms with Crippen molar-refractivity contribution in [1.82, 2.24) is 14.8 Å². The van der Waals surface area contributed by atoms with Gasteiger partial charge in [0.1, 0.15) is 11.0 Å². The van der Waals surface area contributed by atoms with E-state index in [1.165, 1.54) is 0 Å². The number of nitrogens with one attached hydrogen (secondary N) is 1. The summed E-state index contributed by atoms with van der Waals surface area (Å²) in [6, 6.07) is 7.53. The van der Waals surface area contributed by atoms with E-state index in [1.54, 1.807) is 10.7 Å². The number of hydrogen-bond donors (Lipinski definition) is 1. The molecule has 0 atom stereocenters. The summed E-state index contributed by atoms with van der Waals surface area (Å²) >= 11 is 5.78. The number of rotatable bonds is 4. The lowest BCUT2D eigenvalue weighted by molar-refractivity contribution is 0.742. The van der Waals surface area contributed by atoms with E-state index in [0.717, 1.165) is 24.5 Å². The Hall–Kier alpha value is -1.55. The molecule has 0 aliphatic heterocycles. The summed E-state index contributed by atoms with van der Waals surface area (Å²) in [5.74, 6) is 0.795. The fraction of sp³-hybridized carbons (Fsp3) is 0.273. The first kappa shape index (κ1) is 11.0. The molecule has 0 radical (unpaired) electrons. The van der Waals surface area contributed by atoms with Crippen LogP contribution in [0.3, 0.4) is 0 Å². The Kier molecular flexibility index (Phi) is 3.41. The smallest absolute Gasteiger partial charge is 0.131 e. The molecule has 84 valence electrons. The van der Waals surface area contributed by atoms with Crippen LogP contribution in [0.1, 0.15) is 5.69 Å². The minimum atomic E-state index is 0.503. The topological polar surface area (TPSA) is 42.7 Å². The van der Waals surface area contributed by atoms with Crippen LogP contribution in [0.15, 0.2) is 30.5 Å². The minimum absolute atomic E-state index is 0.503. The van der Waals surface area contributed by atoms with Crippen molar-refractivity contribution in [2.45, 2.75) is 6.42 Å². The summed E-state index contributed by atoms with van der Waals surface area (Å²) in [6.45, 7) is 0.796. The monoisotopic (exact) mass is 236 g/mol. The van der Waals surface area contributed by atoms with Crippen molar-refractivity contribution in [2.24, 2.45) is 7.05 Å². The molecule has 2 aromatic rings. The molecule has 0 saturated carbocycles. The molecule has 2 rings (SSSR count). The highest BCUT2D eigenvalue weighted by Gasteiger charge is 1.98. The molecule has 0 aliphatic rings. The number of aromatic nitrogens is 3. The molecule has 0 aliphatic carbocycles. The van der Waals surface area contributed by atoms with Crippen molar-refractivity contribution in [2.75, 3.05) is 11.9 Å². The van der Waals surface area contributed by atoms with Crippen molar-refractivity contribution in [3.8, 4) is 0 Å². The van der Waals surface area contributed by atoms with E-state index < -0.39 is 0 Å². The van der Waals surface area contributed by atoms with Gasteiger partial charge < -0.3 is 5.32 Å². The fourth-order valence-corrected chi connectivity index (χ4v) is 1.59. The number of hydrogen-bond acceptors (Lipinski definition) is 3. The Labute approximate surface area is 99.3 Å². The largest absolute Gasteiger partial charge is 0.370 e. The van der Waals surface area contributed by atoms with Crippen molar-refractivity contribution in [1.29, 1.82) is 0 Å². The quantitative estimate of drug-likeness (QED) is 0.827.